The first kappa shape index (κ1) is 12.7. The molecule has 1 aromatic rings. The fourth-order valence-electron chi connectivity index (χ4n) is 1.05. The molecule has 0 amide bonds. The zero-order valence-electron chi connectivity index (χ0n) is 8.07. The summed E-state index contributed by atoms with van der Waals surface area (Å²) in [5.74, 6) is 0.796. The van der Waals surface area contributed by atoms with Crippen LogP contribution in [0.25, 0.3) is 0 Å². The molecule has 15 heavy (non-hydrogen) atoms. The molecular weight excluding hydrogens is 284 g/mol. The van der Waals surface area contributed by atoms with E-state index in [0.717, 1.165) is 10.2 Å². The molecule has 0 radical (unpaired) electrons. The summed E-state index contributed by atoms with van der Waals surface area (Å²) < 4.78 is 27.3. The Hall–Kier alpha value is -0.370. The molecule has 0 saturated heterocycles. The minimum absolute atomic E-state index is 0.000670. The lowest BCUT2D eigenvalue weighted by atomic mass is 10.4. The molecule has 1 heterocycles. The number of hydrogen-bond acceptors (Lipinski definition) is 4. The molecule has 0 atom stereocenters. The molecule has 0 saturated carbocycles. The van der Waals surface area contributed by atoms with E-state index in [-0.39, 0.29) is 5.75 Å². The van der Waals surface area contributed by atoms with Gasteiger partial charge in [0.05, 0.1) is 23.0 Å². The van der Waals surface area contributed by atoms with Gasteiger partial charge in [0.2, 0.25) is 10.0 Å². The fraction of sp³-hybridized carbons (Fsp3) is 0.500. The zero-order valence-corrected chi connectivity index (χ0v) is 10.5. The van der Waals surface area contributed by atoms with Gasteiger partial charge in [0.1, 0.15) is 5.76 Å². The van der Waals surface area contributed by atoms with Gasteiger partial charge in [-0.25, -0.2) is 13.6 Å². The SMILES string of the molecule is NS(=O)(=O)CCCNCc1occc1Br. The molecule has 1 aromatic heterocycles. The predicted molar refractivity (Wildman–Crippen MR) is 60.7 cm³/mol. The number of nitrogens with one attached hydrogen (secondary N) is 1. The summed E-state index contributed by atoms with van der Waals surface area (Å²) in [7, 11) is -3.34. The van der Waals surface area contributed by atoms with Crippen LogP contribution in [0.2, 0.25) is 0 Å². The molecule has 3 N–H and O–H groups in total. The third-order valence-corrected chi connectivity index (χ3v) is 3.32. The Morgan fingerprint density at radius 3 is 2.80 bits per heavy atom. The second kappa shape index (κ2) is 5.64. The molecule has 1 rings (SSSR count). The molecule has 0 aliphatic rings. The second-order valence-electron chi connectivity index (χ2n) is 3.09. The van der Waals surface area contributed by atoms with Crippen LogP contribution >= 0.6 is 15.9 Å². The highest BCUT2D eigenvalue weighted by Gasteiger charge is 2.04. The Kier molecular flexibility index (Phi) is 4.78. The summed E-state index contributed by atoms with van der Waals surface area (Å²) >= 11 is 3.32. The van der Waals surface area contributed by atoms with E-state index in [1.807, 2.05) is 0 Å². The lowest BCUT2D eigenvalue weighted by molar-refractivity contribution is 0.481. The van der Waals surface area contributed by atoms with Crippen LogP contribution in [0, 0.1) is 0 Å². The first-order chi connectivity index (χ1) is 6.99. The van der Waals surface area contributed by atoms with Gasteiger partial charge in [0, 0.05) is 0 Å². The van der Waals surface area contributed by atoms with Crippen LogP contribution in [0.5, 0.6) is 0 Å². The summed E-state index contributed by atoms with van der Waals surface area (Å²) in [6.07, 6.45) is 2.09. The Bertz CT molecular complexity index is 402. The van der Waals surface area contributed by atoms with E-state index in [4.69, 9.17) is 9.56 Å². The van der Waals surface area contributed by atoms with Gasteiger partial charge in [-0.1, -0.05) is 0 Å². The third-order valence-electron chi connectivity index (χ3n) is 1.76. The molecule has 7 heteroatoms. The Labute approximate surface area is 97.2 Å². The van der Waals surface area contributed by atoms with E-state index in [1.165, 1.54) is 0 Å². The number of halogens is 1. The molecular formula is C8H13BrN2O3S. The van der Waals surface area contributed by atoms with Crippen molar-refractivity contribution in [1.82, 2.24) is 5.32 Å². The third kappa shape index (κ3) is 5.31. The van der Waals surface area contributed by atoms with Gasteiger partial charge in [0.25, 0.3) is 0 Å². The van der Waals surface area contributed by atoms with Crippen molar-refractivity contribution < 1.29 is 12.8 Å². The summed E-state index contributed by atoms with van der Waals surface area (Å²) in [5.41, 5.74) is 0. The van der Waals surface area contributed by atoms with Crippen molar-refractivity contribution in [3.63, 3.8) is 0 Å². The van der Waals surface area contributed by atoms with Crippen LogP contribution in [0.1, 0.15) is 12.2 Å². The van der Waals surface area contributed by atoms with Crippen LogP contribution in [-0.4, -0.2) is 20.7 Å². The van der Waals surface area contributed by atoms with E-state index in [0.29, 0.717) is 19.5 Å². The average Bonchev–Trinajstić information content (AvgIpc) is 2.49. The summed E-state index contributed by atoms with van der Waals surface area (Å²) in [6, 6.07) is 1.81. The monoisotopic (exact) mass is 296 g/mol. The van der Waals surface area contributed by atoms with Crippen LogP contribution in [0.3, 0.4) is 0 Å². The quantitative estimate of drug-likeness (QED) is 0.761. The topological polar surface area (TPSA) is 85.3 Å². The maximum atomic E-state index is 10.6. The highest BCUT2D eigenvalue weighted by Crippen LogP contribution is 2.16. The van der Waals surface area contributed by atoms with Crippen molar-refractivity contribution in [2.24, 2.45) is 5.14 Å². The number of hydrogen-bond donors (Lipinski definition) is 2. The summed E-state index contributed by atoms with van der Waals surface area (Å²) in [6.45, 7) is 1.15. The average molecular weight is 297 g/mol. The lowest BCUT2D eigenvalue weighted by Gasteiger charge is -2.02. The first-order valence-electron chi connectivity index (χ1n) is 4.42. The zero-order chi connectivity index (χ0) is 11.3. The highest BCUT2D eigenvalue weighted by molar-refractivity contribution is 9.10. The largest absolute Gasteiger partial charge is 0.467 e. The number of nitrogens with two attached hydrogens (primary N) is 1. The van der Waals surface area contributed by atoms with Crippen LogP contribution in [-0.2, 0) is 16.6 Å². The van der Waals surface area contributed by atoms with E-state index >= 15 is 0 Å². The maximum absolute atomic E-state index is 10.6. The van der Waals surface area contributed by atoms with Gasteiger partial charge >= 0.3 is 0 Å². The Morgan fingerprint density at radius 1 is 1.53 bits per heavy atom. The molecule has 0 bridgehead atoms. The molecule has 0 fully saturated rings. The van der Waals surface area contributed by atoms with E-state index in [2.05, 4.69) is 21.2 Å². The van der Waals surface area contributed by atoms with Crippen molar-refractivity contribution in [3.8, 4) is 0 Å². The standard InChI is InChI=1S/C8H13BrN2O3S/c9-7-2-4-14-8(7)6-11-3-1-5-15(10,12)13/h2,4,11H,1,3,5-6H2,(H2,10,12,13). The predicted octanol–water partition coefficient (Wildman–Crippen LogP) is 0.810. The summed E-state index contributed by atoms with van der Waals surface area (Å²) in [4.78, 5) is 0. The van der Waals surface area contributed by atoms with Gasteiger partial charge in [0.15, 0.2) is 0 Å². The summed E-state index contributed by atoms with van der Waals surface area (Å²) in [5, 5.41) is 7.91. The van der Waals surface area contributed by atoms with E-state index < -0.39 is 10.0 Å². The van der Waals surface area contributed by atoms with Crippen molar-refractivity contribution in [1.29, 1.82) is 0 Å². The van der Waals surface area contributed by atoms with Gasteiger partial charge in [-0.05, 0) is 35.0 Å². The number of furan rings is 1. The molecule has 0 unspecified atom stereocenters. The van der Waals surface area contributed by atoms with Crippen molar-refractivity contribution >= 4 is 26.0 Å². The van der Waals surface area contributed by atoms with Gasteiger partial charge in [-0.3, -0.25) is 0 Å². The first-order valence-corrected chi connectivity index (χ1v) is 6.93. The molecule has 5 nitrogen and oxygen atoms in total. The minimum atomic E-state index is -3.34. The lowest BCUT2D eigenvalue weighted by Crippen LogP contribution is -2.21. The van der Waals surface area contributed by atoms with Crippen LogP contribution in [0.15, 0.2) is 21.2 Å². The van der Waals surface area contributed by atoms with Crippen molar-refractivity contribution in [3.05, 3.63) is 22.6 Å². The second-order valence-corrected chi connectivity index (χ2v) is 5.68. The van der Waals surface area contributed by atoms with Crippen molar-refractivity contribution in [2.45, 2.75) is 13.0 Å². The molecule has 0 aliphatic carbocycles. The van der Waals surface area contributed by atoms with Crippen molar-refractivity contribution in [2.75, 3.05) is 12.3 Å². The molecule has 0 aliphatic heterocycles. The van der Waals surface area contributed by atoms with E-state index in [1.54, 1.807) is 12.3 Å². The van der Waals surface area contributed by atoms with E-state index in [9.17, 15) is 8.42 Å². The highest BCUT2D eigenvalue weighted by atomic mass is 79.9. The number of rotatable bonds is 6. The molecule has 86 valence electrons. The smallest absolute Gasteiger partial charge is 0.209 e. The number of sulfonamides is 1. The van der Waals surface area contributed by atoms with Crippen LogP contribution in [0.4, 0.5) is 0 Å². The Balaban J connectivity index is 2.15. The minimum Gasteiger partial charge on any atom is -0.467 e. The maximum Gasteiger partial charge on any atom is 0.209 e. The fourth-order valence-corrected chi connectivity index (χ4v) is 1.94. The number of primary sulfonamides is 1. The Morgan fingerprint density at radius 2 is 2.27 bits per heavy atom. The van der Waals surface area contributed by atoms with Gasteiger partial charge < -0.3 is 9.73 Å². The van der Waals surface area contributed by atoms with Crippen LogP contribution < -0.4 is 10.5 Å². The molecule has 0 spiro atoms. The van der Waals surface area contributed by atoms with Gasteiger partial charge in [-0.15, -0.1) is 0 Å². The molecule has 0 aromatic carbocycles. The van der Waals surface area contributed by atoms with Gasteiger partial charge in [-0.2, -0.15) is 0 Å². The normalized spacial score (nSPS) is 11.9.